The summed E-state index contributed by atoms with van der Waals surface area (Å²) in [6.45, 7) is 0. The predicted octanol–water partition coefficient (Wildman–Crippen LogP) is 7.25. The summed E-state index contributed by atoms with van der Waals surface area (Å²) in [5.41, 5.74) is 7.28. The largest absolute Gasteiger partial charge is 0.0622 e. The topological polar surface area (TPSA) is 0 Å². The van der Waals surface area contributed by atoms with Gasteiger partial charge in [0, 0.05) is 0 Å². The molecule has 28 heavy (non-hydrogen) atoms. The van der Waals surface area contributed by atoms with Crippen LogP contribution in [0.15, 0.2) is 133 Å². The molecule has 0 heterocycles. The van der Waals surface area contributed by atoms with Gasteiger partial charge in [0.05, 0.1) is 0 Å². The summed E-state index contributed by atoms with van der Waals surface area (Å²) in [6, 6.07) is 42.2. The van der Waals surface area contributed by atoms with Gasteiger partial charge >= 0.3 is 0 Å². The number of rotatable bonds is 5. The normalized spacial score (nSPS) is 10.1. The summed E-state index contributed by atoms with van der Waals surface area (Å²) in [7, 11) is 0. The smallest absolute Gasteiger partial charge is 0.0111 e. The number of hydrogen-bond acceptors (Lipinski definition) is 0. The van der Waals surface area contributed by atoms with Crippen molar-refractivity contribution in [1.82, 2.24) is 0 Å². The molecule has 134 valence electrons. The molecule has 0 fully saturated rings. The molecule has 0 amide bonds. The Kier molecular flexibility index (Phi) is 5.60. The van der Waals surface area contributed by atoms with Gasteiger partial charge in [0.2, 0.25) is 0 Å². The standard InChI is InChI=1S/C28H22/c1-5-13-23(14-6-1)27(24-15-7-2-8-16-24)21-22-28(25-17-9-3-10-18-25)26-19-11-4-12-20-26/h1-22H. The Balaban J connectivity index is 1.87. The summed E-state index contributed by atoms with van der Waals surface area (Å²) < 4.78 is 0. The molecule has 0 aromatic heterocycles. The zero-order valence-electron chi connectivity index (χ0n) is 15.7. The van der Waals surface area contributed by atoms with Crippen LogP contribution in [-0.4, -0.2) is 0 Å². The number of allylic oxidation sites excluding steroid dienone is 2. The van der Waals surface area contributed by atoms with E-state index in [2.05, 4.69) is 133 Å². The Labute approximate surface area is 167 Å². The molecule has 0 saturated carbocycles. The number of benzene rings is 4. The average Bonchev–Trinajstić information content (AvgIpc) is 2.79. The SMILES string of the molecule is C(C=C(c1ccccc1)c1ccccc1)=C(c1ccccc1)c1ccccc1. The van der Waals surface area contributed by atoms with E-state index in [-0.39, 0.29) is 0 Å². The van der Waals surface area contributed by atoms with Crippen molar-refractivity contribution in [3.8, 4) is 0 Å². The fourth-order valence-corrected chi connectivity index (χ4v) is 3.36. The first-order chi connectivity index (χ1) is 13.9. The lowest BCUT2D eigenvalue weighted by Crippen LogP contribution is -1.89. The maximum atomic E-state index is 2.24. The van der Waals surface area contributed by atoms with E-state index in [1.165, 1.54) is 33.4 Å². The van der Waals surface area contributed by atoms with Crippen molar-refractivity contribution < 1.29 is 0 Å². The van der Waals surface area contributed by atoms with E-state index < -0.39 is 0 Å². The first-order valence-corrected chi connectivity index (χ1v) is 9.55. The van der Waals surface area contributed by atoms with Crippen molar-refractivity contribution in [3.05, 3.63) is 156 Å². The highest BCUT2D eigenvalue weighted by molar-refractivity contribution is 5.86. The fourth-order valence-electron chi connectivity index (χ4n) is 3.36. The molecular formula is C28H22. The third kappa shape index (κ3) is 4.19. The van der Waals surface area contributed by atoms with Crippen LogP contribution in [0.5, 0.6) is 0 Å². The van der Waals surface area contributed by atoms with Gasteiger partial charge in [-0.25, -0.2) is 0 Å². The lowest BCUT2D eigenvalue weighted by atomic mass is 9.94. The maximum absolute atomic E-state index is 2.24. The maximum Gasteiger partial charge on any atom is -0.0111 e. The molecule has 0 spiro atoms. The lowest BCUT2D eigenvalue weighted by Gasteiger charge is -2.10. The molecule has 0 nitrogen and oxygen atoms in total. The predicted molar refractivity (Wildman–Crippen MR) is 120 cm³/mol. The molecule has 4 aromatic rings. The van der Waals surface area contributed by atoms with Crippen LogP contribution < -0.4 is 0 Å². The van der Waals surface area contributed by atoms with Crippen LogP contribution in [-0.2, 0) is 0 Å². The molecule has 0 bridgehead atoms. The van der Waals surface area contributed by atoms with Gasteiger partial charge in [-0.2, -0.15) is 0 Å². The molecular weight excluding hydrogens is 336 g/mol. The highest BCUT2D eigenvalue weighted by atomic mass is 14.1. The van der Waals surface area contributed by atoms with Crippen LogP contribution in [0.1, 0.15) is 22.3 Å². The highest BCUT2D eigenvalue weighted by Crippen LogP contribution is 2.27. The molecule has 0 radical (unpaired) electrons. The van der Waals surface area contributed by atoms with Gasteiger partial charge < -0.3 is 0 Å². The lowest BCUT2D eigenvalue weighted by molar-refractivity contribution is 1.53. The minimum atomic E-state index is 1.21. The van der Waals surface area contributed by atoms with Gasteiger partial charge in [-0.3, -0.25) is 0 Å². The molecule has 0 aliphatic rings. The van der Waals surface area contributed by atoms with Gasteiger partial charge in [0.15, 0.2) is 0 Å². The first-order valence-electron chi connectivity index (χ1n) is 9.55. The summed E-state index contributed by atoms with van der Waals surface area (Å²) in [6.07, 6.45) is 4.47. The average molecular weight is 358 g/mol. The van der Waals surface area contributed by atoms with E-state index in [0.717, 1.165) is 0 Å². The van der Waals surface area contributed by atoms with Crippen LogP contribution in [0.25, 0.3) is 11.1 Å². The van der Waals surface area contributed by atoms with Crippen molar-refractivity contribution in [3.63, 3.8) is 0 Å². The molecule has 0 aliphatic heterocycles. The van der Waals surface area contributed by atoms with Gasteiger partial charge in [0.1, 0.15) is 0 Å². The van der Waals surface area contributed by atoms with E-state index in [1.807, 2.05) is 0 Å². The second kappa shape index (κ2) is 8.83. The van der Waals surface area contributed by atoms with Crippen molar-refractivity contribution in [2.75, 3.05) is 0 Å². The van der Waals surface area contributed by atoms with Crippen molar-refractivity contribution in [2.24, 2.45) is 0 Å². The Morgan fingerprint density at radius 1 is 0.321 bits per heavy atom. The van der Waals surface area contributed by atoms with Crippen LogP contribution in [0.2, 0.25) is 0 Å². The third-order valence-corrected chi connectivity index (χ3v) is 4.76. The van der Waals surface area contributed by atoms with Gasteiger partial charge in [-0.05, 0) is 33.4 Å². The second-order valence-electron chi connectivity index (χ2n) is 6.62. The van der Waals surface area contributed by atoms with Crippen molar-refractivity contribution in [2.45, 2.75) is 0 Å². The Morgan fingerprint density at radius 3 is 0.750 bits per heavy atom. The van der Waals surface area contributed by atoms with Crippen LogP contribution in [0, 0.1) is 0 Å². The van der Waals surface area contributed by atoms with E-state index in [9.17, 15) is 0 Å². The second-order valence-corrected chi connectivity index (χ2v) is 6.62. The molecule has 4 aromatic carbocycles. The molecule has 4 rings (SSSR count). The van der Waals surface area contributed by atoms with Crippen LogP contribution in [0.3, 0.4) is 0 Å². The van der Waals surface area contributed by atoms with Gasteiger partial charge in [0.25, 0.3) is 0 Å². The summed E-state index contributed by atoms with van der Waals surface area (Å²) in [5, 5.41) is 0. The van der Waals surface area contributed by atoms with Gasteiger partial charge in [-0.15, -0.1) is 0 Å². The molecule has 0 aliphatic carbocycles. The van der Waals surface area contributed by atoms with Crippen molar-refractivity contribution in [1.29, 1.82) is 0 Å². The Morgan fingerprint density at radius 2 is 0.536 bits per heavy atom. The Bertz CT molecular complexity index is 884. The zero-order chi connectivity index (χ0) is 19.0. The zero-order valence-corrected chi connectivity index (χ0v) is 15.7. The molecule has 0 saturated heterocycles. The first kappa shape index (κ1) is 17.8. The minimum Gasteiger partial charge on any atom is -0.0622 e. The van der Waals surface area contributed by atoms with E-state index in [4.69, 9.17) is 0 Å². The summed E-state index contributed by atoms with van der Waals surface area (Å²) >= 11 is 0. The molecule has 0 N–H and O–H groups in total. The summed E-state index contributed by atoms with van der Waals surface area (Å²) in [4.78, 5) is 0. The van der Waals surface area contributed by atoms with E-state index >= 15 is 0 Å². The minimum absolute atomic E-state index is 1.21. The van der Waals surface area contributed by atoms with Crippen LogP contribution >= 0.6 is 0 Å². The highest BCUT2D eigenvalue weighted by Gasteiger charge is 2.06. The fraction of sp³-hybridized carbons (Fsp3) is 0. The van der Waals surface area contributed by atoms with E-state index in [0.29, 0.717) is 0 Å². The molecule has 0 unspecified atom stereocenters. The van der Waals surface area contributed by atoms with Crippen LogP contribution in [0.4, 0.5) is 0 Å². The number of hydrogen-bond donors (Lipinski definition) is 0. The monoisotopic (exact) mass is 358 g/mol. The van der Waals surface area contributed by atoms with Crippen molar-refractivity contribution >= 4 is 11.1 Å². The third-order valence-electron chi connectivity index (χ3n) is 4.76. The van der Waals surface area contributed by atoms with E-state index in [1.54, 1.807) is 0 Å². The summed E-state index contributed by atoms with van der Waals surface area (Å²) in [5.74, 6) is 0. The molecule has 0 atom stereocenters. The Hall–Kier alpha value is -3.64. The van der Waals surface area contributed by atoms with Gasteiger partial charge in [-0.1, -0.05) is 133 Å². The quantitative estimate of drug-likeness (QED) is 0.330. The molecule has 0 heteroatoms.